The predicted molar refractivity (Wildman–Crippen MR) is 94.0 cm³/mol. The van der Waals surface area contributed by atoms with Gasteiger partial charge >= 0.3 is 5.97 Å². The first-order valence-electron chi connectivity index (χ1n) is 8.37. The van der Waals surface area contributed by atoms with Crippen LogP contribution in [0.25, 0.3) is 0 Å². The average molecular weight is 385 g/mol. The second kappa shape index (κ2) is 9.76. The zero-order chi connectivity index (χ0) is 17.7. The summed E-state index contributed by atoms with van der Waals surface area (Å²) in [6, 6.07) is 2.31. The van der Waals surface area contributed by atoms with Crippen molar-refractivity contribution in [3.8, 4) is 6.07 Å². The first-order chi connectivity index (χ1) is 11.5. The number of carbonyl (C=O) groups excluding carboxylic acids is 1. The predicted octanol–water partition coefficient (Wildman–Crippen LogP) is -1.87. The first-order valence-corrected chi connectivity index (χ1v) is 8.78. The van der Waals surface area contributed by atoms with Crippen molar-refractivity contribution in [2.45, 2.75) is 39.5 Å². The molecule has 1 aliphatic carbocycles. The maximum Gasteiger partial charge on any atom is 0.336 e. The van der Waals surface area contributed by atoms with Gasteiger partial charge in [0, 0.05) is 29.5 Å². The SMILES string of the molecule is CCOC(=O)C1=C(CNC([NH3+])=S)NC(C)=C(C#N)C1C1CCCC1.[Cl-]. The Balaban J connectivity index is 0.00000312. The number of dihydropyridines is 1. The topological polar surface area (TPSA) is 102 Å². The van der Waals surface area contributed by atoms with E-state index in [9.17, 15) is 10.1 Å². The molecule has 0 spiro atoms. The van der Waals surface area contributed by atoms with Crippen LogP contribution in [0.2, 0.25) is 0 Å². The van der Waals surface area contributed by atoms with Crippen molar-refractivity contribution in [1.82, 2.24) is 10.6 Å². The van der Waals surface area contributed by atoms with Crippen molar-refractivity contribution in [3.63, 3.8) is 0 Å². The molecule has 6 nitrogen and oxygen atoms in total. The zero-order valence-corrected chi connectivity index (χ0v) is 16.2. The van der Waals surface area contributed by atoms with Gasteiger partial charge in [-0.25, -0.2) is 4.79 Å². The van der Waals surface area contributed by atoms with Crippen molar-refractivity contribution in [2.75, 3.05) is 13.2 Å². The van der Waals surface area contributed by atoms with Gasteiger partial charge in [-0.1, -0.05) is 12.8 Å². The Morgan fingerprint density at radius 1 is 1.48 bits per heavy atom. The third-order valence-electron chi connectivity index (χ3n) is 4.64. The van der Waals surface area contributed by atoms with E-state index in [-0.39, 0.29) is 24.3 Å². The molecule has 1 unspecified atom stereocenters. The molecule has 1 saturated carbocycles. The standard InChI is InChI=1S/C17H24N4O2S.ClH/c1-3-23-16(22)15-13(9-20-17(19)24)21-10(2)12(8-18)14(15)11-6-4-5-7-11;/h11,14,21H,3-7,9H2,1-2H3,(H3,19,20,24);1H. The maximum atomic E-state index is 12.7. The summed E-state index contributed by atoms with van der Waals surface area (Å²) in [4.78, 5) is 12.7. The van der Waals surface area contributed by atoms with E-state index in [1.807, 2.05) is 6.92 Å². The van der Waals surface area contributed by atoms with Gasteiger partial charge in [-0.2, -0.15) is 5.26 Å². The van der Waals surface area contributed by atoms with Gasteiger partial charge in [-0.15, -0.1) is 0 Å². The molecule has 1 heterocycles. The molecule has 0 saturated heterocycles. The van der Waals surface area contributed by atoms with Gasteiger partial charge in [0.05, 0.1) is 30.4 Å². The molecule has 5 N–H and O–H groups in total. The summed E-state index contributed by atoms with van der Waals surface area (Å²) in [7, 11) is 0. The van der Waals surface area contributed by atoms with Gasteiger partial charge in [0.2, 0.25) is 0 Å². The normalized spacial score (nSPS) is 20.5. The number of carbonyl (C=O) groups is 1. The molecule has 0 radical (unpaired) electrons. The van der Waals surface area contributed by atoms with Crippen LogP contribution >= 0.6 is 12.2 Å². The van der Waals surface area contributed by atoms with Crippen molar-refractivity contribution in [2.24, 2.45) is 11.8 Å². The molecule has 0 amide bonds. The van der Waals surface area contributed by atoms with Gasteiger partial charge in [0.25, 0.3) is 5.11 Å². The molecule has 2 rings (SSSR count). The van der Waals surface area contributed by atoms with E-state index in [2.05, 4.69) is 22.4 Å². The first kappa shape index (κ1) is 21.4. The summed E-state index contributed by atoms with van der Waals surface area (Å²) in [6.45, 7) is 4.34. The molecule has 1 fully saturated rings. The summed E-state index contributed by atoms with van der Waals surface area (Å²) in [6.07, 6.45) is 4.33. The minimum Gasteiger partial charge on any atom is -1.00 e. The largest absolute Gasteiger partial charge is 1.00 e. The number of allylic oxidation sites excluding steroid dienone is 2. The molecular formula is C17H25ClN4O2S. The molecule has 0 aromatic rings. The van der Waals surface area contributed by atoms with Crippen LogP contribution in [0.3, 0.4) is 0 Å². The molecule has 0 aromatic carbocycles. The van der Waals surface area contributed by atoms with E-state index in [4.69, 9.17) is 17.0 Å². The number of esters is 1. The highest BCUT2D eigenvalue weighted by Gasteiger charge is 2.40. The van der Waals surface area contributed by atoms with E-state index in [0.717, 1.165) is 37.1 Å². The number of rotatable bonds is 5. The van der Waals surface area contributed by atoms with Gasteiger partial charge in [0.15, 0.2) is 0 Å². The van der Waals surface area contributed by atoms with E-state index in [1.165, 1.54) is 0 Å². The summed E-state index contributed by atoms with van der Waals surface area (Å²) < 4.78 is 5.29. The fourth-order valence-electron chi connectivity index (χ4n) is 3.63. The second-order valence-electron chi connectivity index (χ2n) is 6.19. The van der Waals surface area contributed by atoms with Crippen LogP contribution in [0.15, 0.2) is 22.5 Å². The fraction of sp³-hybridized carbons (Fsp3) is 0.588. The highest BCUT2D eigenvalue weighted by atomic mass is 35.5. The molecule has 1 atom stereocenters. The highest BCUT2D eigenvalue weighted by Crippen LogP contribution is 2.42. The van der Waals surface area contributed by atoms with Crippen molar-refractivity contribution >= 4 is 23.3 Å². The Kier molecular flexibility index (Phi) is 8.36. The maximum absolute atomic E-state index is 12.7. The monoisotopic (exact) mass is 384 g/mol. The van der Waals surface area contributed by atoms with Crippen LogP contribution in [0.4, 0.5) is 0 Å². The van der Waals surface area contributed by atoms with Crippen molar-refractivity contribution < 1.29 is 27.7 Å². The van der Waals surface area contributed by atoms with Crippen LogP contribution in [-0.2, 0) is 9.53 Å². The Morgan fingerprint density at radius 3 is 2.64 bits per heavy atom. The number of halogens is 1. The van der Waals surface area contributed by atoms with Crippen molar-refractivity contribution in [1.29, 1.82) is 5.26 Å². The molecule has 8 heteroatoms. The molecule has 2 aliphatic rings. The zero-order valence-electron chi connectivity index (χ0n) is 14.7. The Hall–Kier alpha value is -1.62. The molecule has 25 heavy (non-hydrogen) atoms. The number of thiocarbonyl (C=S) groups is 1. The minimum absolute atomic E-state index is 0. The highest BCUT2D eigenvalue weighted by molar-refractivity contribution is 7.79. The number of quaternary nitrogens is 1. The lowest BCUT2D eigenvalue weighted by Gasteiger charge is -2.33. The lowest BCUT2D eigenvalue weighted by molar-refractivity contribution is -0.214. The lowest BCUT2D eigenvalue weighted by atomic mass is 9.76. The third kappa shape index (κ3) is 4.94. The molecule has 0 bridgehead atoms. The summed E-state index contributed by atoms with van der Waals surface area (Å²) in [5.41, 5.74) is 6.40. The van der Waals surface area contributed by atoms with Gasteiger partial charge < -0.3 is 33.5 Å². The van der Waals surface area contributed by atoms with Gasteiger partial charge in [-0.05, 0) is 32.6 Å². The minimum atomic E-state index is -0.353. The van der Waals surface area contributed by atoms with E-state index in [1.54, 1.807) is 6.92 Å². The number of hydrogen-bond acceptors (Lipinski definition) is 5. The molecule has 1 aliphatic heterocycles. The molecular weight excluding hydrogens is 360 g/mol. The number of nitriles is 1. The number of ether oxygens (including phenoxy) is 1. The Morgan fingerprint density at radius 2 is 2.12 bits per heavy atom. The third-order valence-corrected chi connectivity index (χ3v) is 4.78. The molecule has 0 aromatic heterocycles. The van der Waals surface area contributed by atoms with E-state index < -0.39 is 0 Å². The van der Waals surface area contributed by atoms with Crippen LogP contribution in [-0.4, -0.2) is 24.2 Å². The van der Waals surface area contributed by atoms with Crippen LogP contribution in [0, 0.1) is 23.2 Å². The fourth-order valence-corrected chi connectivity index (χ4v) is 3.70. The summed E-state index contributed by atoms with van der Waals surface area (Å²) in [5, 5.41) is 16.3. The Bertz CT molecular complexity index is 633. The smallest absolute Gasteiger partial charge is 0.336 e. The van der Waals surface area contributed by atoms with E-state index >= 15 is 0 Å². The van der Waals surface area contributed by atoms with Crippen LogP contribution in [0.5, 0.6) is 0 Å². The quantitative estimate of drug-likeness (QED) is 0.379. The number of nitrogens with one attached hydrogen (secondary N) is 2. The Labute approximate surface area is 160 Å². The molecule has 138 valence electrons. The second-order valence-corrected chi connectivity index (χ2v) is 6.68. The number of hydrogen-bond donors (Lipinski definition) is 3. The average Bonchev–Trinajstić information content (AvgIpc) is 3.06. The van der Waals surface area contributed by atoms with E-state index in [0.29, 0.717) is 35.3 Å². The van der Waals surface area contributed by atoms with Crippen LogP contribution < -0.4 is 28.8 Å². The summed E-state index contributed by atoms with van der Waals surface area (Å²) in [5.74, 6) is -0.250. The van der Waals surface area contributed by atoms with Gasteiger partial charge in [-0.3, -0.25) is 0 Å². The van der Waals surface area contributed by atoms with Crippen LogP contribution in [0.1, 0.15) is 39.5 Å². The van der Waals surface area contributed by atoms with Crippen molar-refractivity contribution in [3.05, 3.63) is 22.5 Å². The lowest BCUT2D eigenvalue weighted by Crippen LogP contribution is -3.00. The number of nitrogens with zero attached hydrogens (tertiary/aromatic N) is 1. The van der Waals surface area contributed by atoms with Gasteiger partial charge in [0.1, 0.15) is 0 Å². The summed E-state index contributed by atoms with van der Waals surface area (Å²) >= 11 is 4.98.